The maximum absolute atomic E-state index is 13.8. The zero-order chi connectivity index (χ0) is 30.3. The zero-order valence-corrected chi connectivity index (χ0v) is 23.4. The van der Waals surface area contributed by atoms with Gasteiger partial charge < -0.3 is 9.84 Å². The predicted molar refractivity (Wildman–Crippen MR) is 138 cm³/mol. The zero-order valence-electron chi connectivity index (χ0n) is 21.7. The maximum atomic E-state index is 13.8. The fourth-order valence-corrected chi connectivity index (χ4v) is 6.47. The number of hydrogen-bond donors (Lipinski definition) is 3. The van der Waals surface area contributed by atoms with Crippen molar-refractivity contribution in [1.29, 1.82) is 0 Å². The van der Waals surface area contributed by atoms with Gasteiger partial charge in [0.1, 0.15) is 23.2 Å². The SMILES string of the molecule is CC(C)NS(=O)(=O)NC[C@H]1CN(S(=O)(=O)c2ccc(F)cc2)c2cc(N(C(=O)O)C(C)(C)C(F)(F)F)ccc2O1. The van der Waals surface area contributed by atoms with Crippen LogP contribution in [0.2, 0.25) is 0 Å². The standard InChI is InChI=1S/C23H28F4N4O7S2/c1-14(2)29-40(36,37)28-12-17-13-30(39(34,35)18-8-5-15(24)6-9-18)19-11-16(7-10-20(19)38-17)31(21(32)33)22(3,4)23(25,26)27/h5-11,14,17,28-29H,12-13H2,1-4H3,(H,32,33)/t17-/m0/s1. The minimum absolute atomic E-state index is 0.0494. The Morgan fingerprint density at radius 3 is 2.25 bits per heavy atom. The molecule has 0 saturated carbocycles. The largest absolute Gasteiger partial charge is 0.485 e. The maximum Gasteiger partial charge on any atom is 0.412 e. The van der Waals surface area contributed by atoms with Gasteiger partial charge in [0.25, 0.3) is 20.2 Å². The number of benzene rings is 2. The molecule has 17 heteroatoms. The van der Waals surface area contributed by atoms with Crippen molar-refractivity contribution in [3.8, 4) is 5.75 Å². The molecule has 11 nitrogen and oxygen atoms in total. The second-order valence-corrected chi connectivity index (χ2v) is 13.1. The minimum atomic E-state index is -5.00. The first-order chi connectivity index (χ1) is 18.3. The Bertz CT molecular complexity index is 1470. The molecule has 0 spiro atoms. The third kappa shape index (κ3) is 6.59. The lowest BCUT2D eigenvalue weighted by molar-refractivity contribution is -0.175. The van der Waals surface area contributed by atoms with Gasteiger partial charge in [-0.25, -0.2) is 17.6 Å². The van der Waals surface area contributed by atoms with Crippen LogP contribution < -0.4 is 23.4 Å². The van der Waals surface area contributed by atoms with Gasteiger partial charge in [-0.15, -0.1) is 0 Å². The molecule has 0 aliphatic carbocycles. The third-order valence-corrected chi connectivity index (χ3v) is 8.99. The van der Waals surface area contributed by atoms with Gasteiger partial charge in [-0.05, 0) is 70.2 Å². The number of fused-ring (bicyclic) bond motifs is 1. The molecule has 0 radical (unpaired) electrons. The molecule has 40 heavy (non-hydrogen) atoms. The number of amides is 1. The average molecular weight is 613 g/mol. The third-order valence-electron chi connectivity index (χ3n) is 5.87. The number of alkyl halides is 3. The first-order valence-corrected chi connectivity index (χ1v) is 14.6. The van der Waals surface area contributed by atoms with Crippen molar-refractivity contribution in [1.82, 2.24) is 9.44 Å². The van der Waals surface area contributed by atoms with Crippen molar-refractivity contribution in [3.63, 3.8) is 0 Å². The van der Waals surface area contributed by atoms with Crippen molar-refractivity contribution in [2.45, 2.75) is 56.5 Å². The number of hydrogen-bond acceptors (Lipinski definition) is 6. The normalized spacial score (nSPS) is 16.4. The average Bonchev–Trinajstić information content (AvgIpc) is 2.80. The summed E-state index contributed by atoms with van der Waals surface area (Å²) in [6.07, 6.45) is -8.05. The van der Waals surface area contributed by atoms with E-state index in [1.54, 1.807) is 13.8 Å². The number of carboxylic acid groups (broad SMARTS) is 1. The molecule has 0 fully saturated rings. The van der Waals surface area contributed by atoms with Crippen LogP contribution in [0.5, 0.6) is 5.75 Å². The van der Waals surface area contributed by atoms with Crippen molar-refractivity contribution in [2.75, 3.05) is 22.3 Å². The van der Waals surface area contributed by atoms with Crippen LogP contribution in [-0.2, 0) is 20.2 Å². The summed E-state index contributed by atoms with van der Waals surface area (Å²) in [4.78, 5) is 11.6. The highest BCUT2D eigenvalue weighted by molar-refractivity contribution is 7.92. The lowest BCUT2D eigenvalue weighted by atomic mass is 10.0. The van der Waals surface area contributed by atoms with Crippen LogP contribution in [0.15, 0.2) is 47.4 Å². The lowest BCUT2D eigenvalue weighted by Crippen LogP contribution is -2.57. The van der Waals surface area contributed by atoms with Crippen molar-refractivity contribution < 1.29 is 49.0 Å². The smallest absolute Gasteiger partial charge is 0.412 e. The molecule has 3 N–H and O–H groups in total. The minimum Gasteiger partial charge on any atom is -0.485 e. The molecule has 0 saturated heterocycles. The molecular formula is C23H28F4N4O7S2. The van der Waals surface area contributed by atoms with Gasteiger partial charge in [-0.1, -0.05) is 0 Å². The van der Waals surface area contributed by atoms with Crippen LogP contribution in [0, 0.1) is 5.82 Å². The fraction of sp³-hybridized carbons (Fsp3) is 0.435. The summed E-state index contributed by atoms with van der Waals surface area (Å²) >= 11 is 0. The Morgan fingerprint density at radius 2 is 1.73 bits per heavy atom. The molecule has 1 heterocycles. The van der Waals surface area contributed by atoms with Gasteiger partial charge >= 0.3 is 12.3 Å². The van der Waals surface area contributed by atoms with E-state index in [1.165, 1.54) is 0 Å². The quantitative estimate of drug-likeness (QED) is 0.368. The van der Waals surface area contributed by atoms with E-state index in [9.17, 15) is 44.3 Å². The van der Waals surface area contributed by atoms with Gasteiger partial charge in [0.2, 0.25) is 0 Å². The monoisotopic (exact) mass is 612 g/mol. The Balaban J connectivity index is 2.11. The van der Waals surface area contributed by atoms with Crippen LogP contribution in [0.1, 0.15) is 27.7 Å². The first kappa shape index (κ1) is 31.4. The first-order valence-electron chi connectivity index (χ1n) is 11.7. The number of nitrogens with zero attached hydrogens (tertiary/aromatic N) is 2. The fourth-order valence-electron chi connectivity index (χ4n) is 3.86. The summed E-state index contributed by atoms with van der Waals surface area (Å²) in [6.45, 7) is 3.55. The predicted octanol–water partition coefficient (Wildman–Crippen LogP) is 3.44. The number of sulfonamides is 1. The molecule has 1 amide bonds. The molecule has 2 aromatic rings. The van der Waals surface area contributed by atoms with Crippen LogP contribution in [-0.4, -0.2) is 65.0 Å². The number of carbonyl (C=O) groups is 1. The molecule has 1 aliphatic heterocycles. The second kappa shape index (κ2) is 11.0. The second-order valence-electron chi connectivity index (χ2n) is 9.68. The van der Waals surface area contributed by atoms with Gasteiger partial charge in [-0.2, -0.15) is 31.0 Å². The molecule has 2 aromatic carbocycles. The van der Waals surface area contributed by atoms with Crippen LogP contribution in [0.3, 0.4) is 0 Å². The highest BCUT2D eigenvalue weighted by Gasteiger charge is 2.54. The van der Waals surface area contributed by atoms with E-state index in [0.717, 1.165) is 46.8 Å². The Morgan fingerprint density at radius 1 is 1.12 bits per heavy atom. The Kier molecular flexibility index (Phi) is 8.65. The van der Waals surface area contributed by atoms with E-state index in [0.29, 0.717) is 13.8 Å². The van der Waals surface area contributed by atoms with E-state index in [1.807, 2.05) is 0 Å². The van der Waals surface area contributed by atoms with E-state index in [4.69, 9.17) is 4.74 Å². The summed E-state index contributed by atoms with van der Waals surface area (Å²) in [7, 11) is -8.51. The lowest BCUT2D eigenvalue weighted by Gasteiger charge is -2.39. The van der Waals surface area contributed by atoms with Crippen molar-refractivity contribution >= 4 is 37.7 Å². The van der Waals surface area contributed by atoms with E-state index in [-0.39, 0.29) is 21.2 Å². The molecular weight excluding hydrogens is 584 g/mol. The topological polar surface area (TPSA) is 145 Å². The van der Waals surface area contributed by atoms with Crippen LogP contribution in [0.25, 0.3) is 0 Å². The van der Waals surface area contributed by atoms with E-state index >= 15 is 0 Å². The number of anilines is 2. The Hall–Kier alpha value is -3.15. The van der Waals surface area contributed by atoms with Gasteiger partial charge in [0.15, 0.2) is 0 Å². The summed E-state index contributed by atoms with van der Waals surface area (Å²) in [5.74, 6) is -0.892. The van der Waals surface area contributed by atoms with Crippen molar-refractivity contribution in [2.24, 2.45) is 0 Å². The number of rotatable bonds is 9. The van der Waals surface area contributed by atoms with Crippen molar-refractivity contribution in [3.05, 3.63) is 48.3 Å². The molecule has 0 unspecified atom stereocenters. The van der Waals surface area contributed by atoms with E-state index in [2.05, 4.69) is 9.44 Å². The van der Waals surface area contributed by atoms with E-state index < -0.39 is 74.8 Å². The molecule has 1 atom stereocenters. The van der Waals surface area contributed by atoms with Gasteiger partial charge in [0.05, 0.1) is 29.4 Å². The summed E-state index contributed by atoms with van der Waals surface area (Å²) in [5, 5.41) is 9.67. The summed E-state index contributed by atoms with van der Waals surface area (Å²) < 4.78 is 118. The van der Waals surface area contributed by atoms with Crippen LogP contribution >= 0.6 is 0 Å². The molecule has 1 aliphatic rings. The molecule has 222 valence electrons. The summed E-state index contributed by atoms with van der Waals surface area (Å²) in [6, 6.07) is 6.31. The van der Waals surface area contributed by atoms with Crippen LogP contribution in [0.4, 0.5) is 33.7 Å². The number of nitrogens with one attached hydrogen (secondary N) is 2. The molecule has 0 bridgehead atoms. The summed E-state index contributed by atoms with van der Waals surface area (Å²) in [5.41, 5.74) is -3.71. The van der Waals surface area contributed by atoms with Gasteiger partial charge in [0, 0.05) is 6.04 Å². The highest BCUT2D eigenvalue weighted by Crippen LogP contribution is 2.43. The Labute approximate surface area is 229 Å². The molecule has 3 rings (SSSR count). The highest BCUT2D eigenvalue weighted by atomic mass is 32.2. The number of halogens is 4. The van der Waals surface area contributed by atoms with Gasteiger partial charge in [-0.3, -0.25) is 9.21 Å². The number of ether oxygens (including phenoxy) is 1. The molecule has 0 aromatic heterocycles.